The van der Waals surface area contributed by atoms with E-state index in [0.29, 0.717) is 36.6 Å². The molecule has 0 aromatic carbocycles. The maximum Gasteiger partial charge on any atom is 0.192 e. The zero-order chi connectivity index (χ0) is 27.0. The Bertz CT molecular complexity index is 877. The van der Waals surface area contributed by atoms with Crippen molar-refractivity contribution in [2.24, 2.45) is 28.1 Å². The van der Waals surface area contributed by atoms with Crippen LogP contribution in [-0.2, 0) is 13.9 Å². The number of methoxy groups -OCH3 is 1. The van der Waals surface area contributed by atoms with Gasteiger partial charge in [-0.15, -0.1) is 0 Å². The van der Waals surface area contributed by atoms with Gasteiger partial charge in [-0.25, -0.2) is 0 Å². The van der Waals surface area contributed by atoms with E-state index in [9.17, 15) is 0 Å². The van der Waals surface area contributed by atoms with Crippen molar-refractivity contribution < 1.29 is 13.9 Å². The molecule has 4 aliphatic carbocycles. The number of alkyl halides is 2. The Kier molecular flexibility index (Phi) is 7.95. The van der Waals surface area contributed by atoms with Crippen molar-refractivity contribution in [2.75, 3.05) is 26.9 Å². The van der Waals surface area contributed by atoms with Gasteiger partial charge in [0.15, 0.2) is 8.32 Å². The summed E-state index contributed by atoms with van der Waals surface area (Å²) in [7, 11) is -1.30. The van der Waals surface area contributed by atoms with E-state index < -0.39 is 16.4 Å². The van der Waals surface area contributed by atoms with Gasteiger partial charge in [-0.05, 0) is 67.6 Å². The Balaban J connectivity index is 1.70. The maximum atomic E-state index is 7.20. The Morgan fingerprint density at radius 2 is 1.69 bits per heavy atom. The number of rotatable bonds is 9. The van der Waals surface area contributed by atoms with Gasteiger partial charge in [0, 0.05) is 31.9 Å². The second kappa shape index (κ2) is 9.54. The molecule has 0 bridgehead atoms. The molecule has 6 atom stereocenters. The molecular weight excluding hydrogens is 612 g/mol. The van der Waals surface area contributed by atoms with Gasteiger partial charge in [0.25, 0.3) is 0 Å². The molecule has 0 radical (unpaired) electrons. The monoisotopic (exact) mass is 662 g/mol. The standard InChI is InChI=1S/C29H52Br2O3Si2/c1-25(2,3)36(9,10)34-23-12-11-22-26(23,4)14-13-21-24-28(29(24,30)31,20-35(6,7)8)16-15-27(21,22)19-33-18-17-32-5/h13,22-24H,11-12,14-20H2,1-10H3/t22-,23+,24?,26+,27-,28?/m1/s1. The molecule has 36 heavy (non-hydrogen) atoms. The van der Waals surface area contributed by atoms with Crippen LogP contribution in [0.1, 0.15) is 59.8 Å². The number of fused-ring (bicyclic) bond motifs is 5. The Hall–Kier alpha value is 1.01. The molecule has 0 N–H and O–H groups in total. The van der Waals surface area contributed by atoms with E-state index in [1.54, 1.807) is 12.7 Å². The van der Waals surface area contributed by atoms with Gasteiger partial charge in [-0.3, -0.25) is 0 Å². The molecule has 0 heterocycles. The molecule has 3 fully saturated rings. The van der Waals surface area contributed by atoms with Crippen LogP contribution < -0.4 is 0 Å². The lowest BCUT2D eigenvalue weighted by Gasteiger charge is -2.56. The molecule has 0 aromatic rings. The van der Waals surface area contributed by atoms with Crippen LogP contribution in [0.5, 0.6) is 0 Å². The highest BCUT2D eigenvalue weighted by Crippen LogP contribution is 2.84. The molecule has 3 nitrogen and oxygen atoms in total. The number of ether oxygens (including phenoxy) is 2. The van der Waals surface area contributed by atoms with Crippen molar-refractivity contribution in [3.05, 3.63) is 11.6 Å². The third-order valence-electron chi connectivity index (χ3n) is 11.0. The minimum absolute atomic E-state index is 0.0385. The van der Waals surface area contributed by atoms with Crippen molar-refractivity contribution >= 4 is 48.3 Å². The quantitative estimate of drug-likeness (QED) is 0.107. The Morgan fingerprint density at radius 1 is 1.03 bits per heavy atom. The Labute approximate surface area is 240 Å². The highest BCUT2D eigenvalue weighted by molar-refractivity contribution is 9.25. The van der Waals surface area contributed by atoms with Crippen molar-refractivity contribution in [3.8, 4) is 0 Å². The first kappa shape index (κ1) is 30.0. The molecule has 208 valence electrons. The molecule has 3 saturated carbocycles. The van der Waals surface area contributed by atoms with Gasteiger partial charge in [0.05, 0.1) is 29.2 Å². The van der Waals surface area contributed by atoms with E-state index >= 15 is 0 Å². The molecule has 0 amide bonds. The zero-order valence-electron chi connectivity index (χ0n) is 24.7. The first-order chi connectivity index (χ1) is 16.4. The lowest BCUT2D eigenvalue weighted by Crippen LogP contribution is -2.54. The number of hydrogen-bond donors (Lipinski definition) is 0. The van der Waals surface area contributed by atoms with Crippen LogP contribution in [0.4, 0.5) is 0 Å². The number of allylic oxidation sites excluding steroid dienone is 1. The van der Waals surface area contributed by atoms with E-state index in [1.165, 1.54) is 31.7 Å². The van der Waals surface area contributed by atoms with Gasteiger partial charge in [-0.2, -0.15) is 0 Å². The average Bonchev–Trinajstić information content (AvgIpc) is 3.01. The van der Waals surface area contributed by atoms with Crippen molar-refractivity contribution in [1.82, 2.24) is 0 Å². The largest absolute Gasteiger partial charge is 0.413 e. The third-order valence-corrected chi connectivity index (χ3v) is 19.6. The van der Waals surface area contributed by atoms with E-state index in [0.717, 1.165) is 13.0 Å². The predicted octanol–water partition coefficient (Wildman–Crippen LogP) is 9.01. The molecule has 0 saturated heterocycles. The minimum atomic E-state index is -1.84. The van der Waals surface area contributed by atoms with E-state index in [4.69, 9.17) is 13.9 Å². The molecule has 0 aromatic heterocycles. The lowest BCUT2D eigenvalue weighted by atomic mass is 9.51. The summed E-state index contributed by atoms with van der Waals surface area (Å²) < 4.78 is 19.1. The molecule has 4 aliphatic rings. The highest BCUT2D eigenvalue weighted by atomic mass is 79.9. The summed E-state index contributed by atoms with van der Waals surface area (Å²) in [6.07, 6.45) is 9.13. The van der Waals surface area contributed by atoms with Crippen molar-refractivity contribution in [2.45, 2.75) is 113 Å². The molecule has 0 aliphatic heterocycles. The molecular formula is C29H52Br2O3Si2. The second-order valence-corrected chi connectivity index (χ2v) is 29.3. The maximum absolute atomic E-state index is 7.20. The zero-order valence-corrected chi connectivity index (χ0v) is 29.8. The average molecular weight is 665 g/mol. The van der Waals surface area contributed by atoms with Gasteiger partial charge in [0.1, 0.15) is 0 Å². The normalized spacial score (nSPS) is 39.8. The smallest absolute Gasteiger partial charge is 0.192 e. The van der Waals surface area contributed by atoms with Gasteiger partial charge in [-0.1, -0.05) is 90.8 Å². The second-order valence-electron chi connectivity index (χ2n) is 15.5. The summed E-state index contributed by atoms with van der Waals surface area (Å²) >= 11 is 8.49. The summed E-state index contributed by atoms with van der Waals surface area (Å²) in [6, 6.07) is 1.37. The third kappa shape index (κ3) is 4.68. The Morgan fingerprint density at radius 3 is 2.28 bits per heavy atom. The van der Waals surface area contributed by atoms with E-state index in [-0.39, 0.29) is 19.1 Å². The van der Waals surface area contributed by atoms with E-state index in [2.05, 4.69) is 98.4 Å². The van der Waals surface area contributed by atoms with Crippen LogP contribution in [-0.4, -0.2) is 52.7 Å². The molecule has 7 heteroatoms. The summed E-state index contributed by atoms with van der Waals surface area (Å²) in [5, 5.41) is 0.235. The first-order valence-electron chi connectivity index (χ1n) is 14.2. The van der Waals surface area contributed by atoms with Crippen LogP contribution in [0.3, 0.4) is 0 Å². The fourth-order valence-electron chi connectivity index (χ4n) is 8.23. The van der Waals surface area contributed by atoms with Crippen LogP contribution in [0.15, 0.2) is 11.6 Å². The summed E-state index contributed by atoms with van der Waals surface area (Å²) in [5.74, 6) is 1.19. The fourth-order valence-corrected chi connectivity index (χ4v) is 15.0. The molecule has 2 unspecified atom stereocenters. The summed E-state index contributed by atoms with van der Waals surface area (Å²) in [6.45, 7) is 24.3. The molecule has 4 rings (SSSR count). The topological polar surface area (TPSA) is 27.7 Å². The van der Waals surface area contributed by atoms with Gasteiger partial charge >= 0.3 is 0 Å². The molecule has 0 spiro atoms. The fraction of sp³-hybridized carbons (Fsp3) is 0.931. The highest BCUT2D eigenvalue weighted by Gasteiger charge is 2.80. The van der Waals surface area contributed by atoms with Crippen LogP contribution in [0, 0.1) is 28.1 Å². The lowest BCUT2D eigenvalue weighted by molar-refractivity contribution is -0.0655. The van der Waals surface area contributed by atoms with Gasteiger partial charge in [0.2, 0.25) is 0 Å². The summed E-state index contributed by atoms with van der Waals surface area (Å²) in [5.41, 5.74) is 2.35. The summed E-state index contributed by atoms with van der Waals surface area (Å²) in [4.78, 5) is 0. The van der Waals surface area contributed by atoms with Crippen molar-refractivity contribution in [1.29, 1.82) is 0 Å². The van der Waals surface area contributed by atoms with Crippen LogP contribution >= 0.6 is 31.9 Å². The van der Waals surface area contributed by atoms with Crippen molar-refractivity contribution in [3.63, 3.8) is 0 Å². The number of halogens is 2. The van der Waals surface area contributed by atoms with E-state index in [1.807, 2.05) is 0 Å². The van der Waals surface area contributed by atoms with Gasteiger partial charge < -0.3 is 13.9 Å². The SMILES string of the molecule is COCCOC[C@]12CCC3(C[Si](C)(C)C)C(C1=CC[C@]1(C)[C@@H](O[Si](C)(C)C(C)(C)C)CC[C@@H]21)C3(Br)Br. The van der Waals surface area contributed by atoms with Crippen LogP contribution in [0.25, 0.3) is 0 Å². The van der Waals surface area contributed by atoms with Crippen LogP contribution in [0.2, 0.25) is 43.8 Å². The number of hydrogen-bond acceptors (Lipinski definition) is 3. The minimum Gasteiger partial charge on any atom is -0.413 e. The first-order valence-corrected chi connectivity index (χ1v) is 22.4. The predicted molar refractivity (Wildman–Crippen MR) is 165 cm³/mol.